The highest BCUT2D eigenvalue weighted by Gasteiger charge is 2.15. The van der Waals surface area contributed by atoms with E-state index >= 15 is 0 Å². The predicted molar refractivity (Wildman–Crippen MR) is 170 cm³/mol. The molecule has 0 saturated carbocycles. The summed E-state index contributed by atoms with van der Waals surface area (Å²) >= 11 is 0. The Kier molecular flexibility index (Phi) is 10.1. The minimum absolute atomic E-state index is 0.212. The molecule has 0 spiro atoms. The average molecular weight is 554 g/mol. The van der Waals surface area contributed by atoms with E-state index in [4.69, 9.17) is 9.97 Å². The first-order valence-electron chi connectivity index (χ1n) is 15.6. The van der Waals surface area contributed by atoms with Crippen molar-refractivity contribution in [2.75, 3.05) is 31.6 Å². The van der Waals surface area contributed by atoms with Gasteiger partial charge in [0, 0.05) is 31.0 Å². The van der Waals surface area contributed by atoms with E-state index in [1.807, 2.05) is 0 Å². The summed E-state index contributed by atoms with van der Waals surface area (Å²) in [4.78, 5) is 12.7. The number of hydrogen-bond donors (Lipinski definition) is 2. The number of fused-ring (bicyclic) bond motifs is 1. The number of likely N-dealkylation sites (tertiary alicyclic amines) is 1. The Bertz CT molecular complexity index is 1440. The largest absolute Gasteiger partial charge is 0.396 e. The molecule has 6 nitrogen and oxygen atoms in total. The maximum absolute atomic E-state index is 9.34. The number of aryl methyl sites for hydroxylation is 5. The fourth-order valence-corrected chi connectivity index (χ4v) is 6.03. The van der Waals surface area contributed by atoms with Crippen LogP contribution in [-0.2, 0) is 25.9 Å². The first-order valence-corrected chi connectivity index (χ1v) is 15.6. The molecular formula is C35H47N5O. The summed E-state index contributed by atoms with van der Waals surface area (Å²) in [6, 6.07) is 17.5. The Hall–Kier alpha value is -3.22. The third-order valence-electron chi connectivity index (χ3n) is 8.47. The van der Waals surface area contributed by atoms with Crippen LogP contribution in [-0.4, -0.2) is 50.8 Å². The summed E-state index contributed by atoms with van der Waals surface area (Å²) in [5.74, 6) is 1.16. The number of unbranched alkanes of at least 4 members (excludes halogenated alkanes) is 1. The predicted octanol–water partition coefficient (Wildman–Crippen LogP) is 6.75. The van der Waals surface area contributed by atoms with E-state index < -0.39 is 0 Å². The summed E-state index contributed by atoms with van der Waals surface area (Å²) < 4.78 is 2.41. The van der Waals surface area contributed by atoms with Crippen molar-refractivity contribution in [2.24, 2.45) is 0 Å². The minimum Gasteiger partial charge on any atom is -0.396 e. The van der Waals surface area contributed by atoms with Gasteiger partial charge >= 0.3 is 0 Å². The summed E-state index contributed by atoms with van der Waals surface area (Å²) in [6.45, 7) is 11.8. The van der Waals surface area contributed by atoms with Gasteiger partial charge in [-0.2, -0.15) is 0 Å². The standard InChI is InChI=1S/C35H47N5O/c1-26-12-16-30(10-9-21-41)32(22-26)36-24-29-15-17-31-34(23-29)40(25-33-27(2)13-14-28(3)37-33)35(38-31)11-5-8-20-39-18-6-4-7-19-39/h12-17,22-23,36,41H,4-11,18-21,24-25H2,1-3H3. The van der Waals surface area contributed by atoms with Crippen LogP contribution in [0.5, 0.6) is 0 Å². The summed E-state index contributed by atoms with van der Waals surface area (Å²) in [6.07, 6.45) is 9.09. The zero-order chi connectivity index (χ0) is 28.6. The van der Waals surface area contributed by atoms with E-state index in [9.17, 15) is 5.11 Å². The SMILES string of the molecule is Cc1ccc(CCCO)c(NCc2ccc3nc(CCCCN4CCCCC4)n(Cc4nc(C)ccc4C)c3c2)c1. The third kappa shape index (κ3) is 7.75. The average Bonchev–Trinajstić information content (AvgIpc) is 3.32. The number of hydrogen-bond acceptors (Lipinski definition) is 5. The van der Waals surface area contributed by atoms with Gasteiger partial charge in [0.2, 0.25) is 0 Å². The summed E-state index contributed by atoms with van der Waals surface area (Å²) in [5, 5.41) is 13.0. The molecule has 41 heavy (non-hydrogen) atoms. The molecule has 218 valence electrons. The van der Waals surface area contributed by atoms with Crippen molar-refractivity contribution in [3.63, 3.8) is 0 Å². The van der Waals surface area contributed by atoms with Crippen molar-refractivity contribution in [1.82, 2.24) is 19.4 Å². The lowest BCUT2D eigenvalue weighted by Gasteiger charge is -2.26. The number of imidazole rings is 1. The number of benzene rings is 2. The Morgan fingerprint density at radius 1 is 0.854 bits per heavy atom. The molecule has 1 aliphatic heterocycles. The molecule has 2 aromatic carbocycles. The van der Waals surface area contributed by atoms with Crippen LogP contribution in [0.25, 0.3) is 11.0 Å². The Balaban J connectivity index is 1.37. The van der Waals surface area contributed by atoms with Crippen LogP contribution < -0.4 is 5.32 Å². The summed E-state index contributed by atoms with van der Waals surface area (Å²) in [7, 11) is 0. The van der Waals surface area contributed by atoms with Gasteiger partial charge in [-0.25, -0.2) is 4.98 Å². The van der Waals surface area contributed by atoms with Gasteiger partial charge in [-0.15, -0.1) is 0 Å². The van der Waals surface area contributed by atoms with Crippen molar-refractivity contribution in [3.8, 4) is 0 Å². The van der Waals surface area contributed by atoms with Gasteiger partial charge in [0.1, 0.15) is 5.82 Å². The van der Waals surface area contributed by atoms with Crippen molar-refractivity contribution in [3.05, 3.63) is 88.0 Å². The number of aliphatic hydroxyl groups excluding tert-OH is 1. The van der Waals surface area contributed by atoms with Crippen molar-refractivity contribution in [2.45, 2.75) is 85.2 Å². The fourth-order valence-electron chi connectivity index (χ4n) is 6.03. The van der Waals surface area contributed by atoms with E-state index in [1.165, 1.54) is 73.1 Å². The number of pyridine rings is 1. The van der Waals surface area contributed by atoms with Gasteiger partial charge < -0.3 is 19.9 Å². The molecular weight excluding hydrogens is 506 g/mol. The Labute approximate surface area is 245 Å². The van der Waals surface area contributed by atoms with Crippen LogP contribution in [0.1, 0.15) is 78.0 Å². The number of nitrogens with one attached hydrogen (secondary N) is 1. The van der Waals surface area contributed by atoms with Crippen LogP contribution in [0.2, 0.25) is 0 Å². The Morgan fingerprint density at radius 3 is 2.54 bits per heavy atom. The third-order valence-corrected chi connectivity index (χ3v) is 8.47. The van der Waals surface area contributed by atoms with Gasteiger partial charge in [-0.1, -0.05) is 30.7 Å². The molecule has 0 bridgehead atoms. The number of rotatable bonds is 13. The second kappa shape index (κ2) is 14.1. The summed E-state index contributed by atoms with van der Waals surface area (Å²) in [5.41, 5.74) is 10.5. The molecule has 6 heteroatoms. The molecule has 2 N–H and O–H groups in total. The van der Waals surface area contributed by atoms with E-state index in [0.717, 1.165) is 67.2 Å². The number of aromatic nitrogens is 3. The molecule has 1 aliphatic rings. The van der Waals surface area contributed by atoms with Gasteiger partial charge in [0.05, 0.1) is 23.3 Å². The number of piperidine rings is 1. The first kappa shape index (κ1) is 29.3. The molecule has 5 rings (SSSR count). The first-order chi connectivity index (χ1) is 20.0. The fraction of sp³-hybridized carbons (Fsp3) is 0.486. The quantitative estimate of drug-likeness (QED) is 0.179. The molecule has 2 aromatic heterocycles. The Morgan fingerprint density at radius 2 is 1.71 bits per heavy atom. The molecule has 0 atom stereocenters. The molecule has 3 heterocycles. The number of aliphatic hydroxyl groups is 1. The van der Waals surface area contributed by atoms with Gasteiger partial charge in [-0.05, 0) is 125 Å². The molecule has 0 amide bonds. The lowest BCUT2D eigenvalue weighted by atomic mass is 10.0. The maximum Gasteiger partial charge on any atom is 0.110 e. The molecule has 0 unspecified atom stereocenters. The molecule has 4 aromatic rings. The molecule has 0 aliphatic carbocycles. The minimum atomic E-state index is 0.212. The second-order valence-electron chi connectivity index (χ2n) is 11.9. The van der Waals surface area contributed by atoms with E-state index in [1.54, 1.807) is 0 Å². The van der Waals surface area contributed by atoms with Crippen LogP contribution in [0.15, 0.2) is 48.5 Å². The number of nitrogens with zero attached hydrogens (tertiary/aromatic N) is 4. The molecule has 1 fully saturated rings. The van der Waals surface area contributed by atoms with Crippen molar-refractivity contribution >= 4 is 16.7 Å². The van der Waals surface area contributed by atoms with Gasteiger partial charge in [0.15, 0.2) is 0 Å². The van der Waals surface area contributed by atoms with Crippen LogP contribution in [0.4, 0.5) is 5.69 Å². The lowest BCUT2D eigenvalue weighted by molar-refractivity contribution is 0.224. The number of anilines is 1. The molecule has 0 radical (unpaired) electrons. The maximum atomic E-state index is 9.34. The molecule has 1 saturated heterocycles. The topological polar surface area (TPSA) is 66.2 Å². The van der Waals surface area contributed by atoms with Crippen LogP contribution in [0, 0.1) is 20.8 Å². The van der Waals surface area contributed by atoms with Gasteiger partial charge in [-0.3, -0.25) is 4.98 Å². The zero-order valence-corrected chi connectivity index (χ0v) is 25.3. The van der Waals surface area contributed by atoms with Crippen LogP contribution in [0.3, 0.4) is 0 Å². The normalized spacial score (nSPS) is 14.1. The van der Waals surface area contributed by atoms with Crippen molar-refractivity contribution < 1.29 is 5.11 Å². The highest BCUT2D eigenvalue weighted by molar-refractivity contribution is 5.77. The van der Waals surface area contributed by atoms with E-state index in [2.05, 4.69) is 84.1 Å². The van der Waals surface area contributed by atoms with Crippen molar-refractivity contribution in [1.29, 1.82) is 0 Å². The highest BCUT2D eigenvalue weighted by atomic mass is 16.2. The van der Waals surface area contributed by atoms with Crippen LogP contribution >= 0.6 is 0 Å². The highest BCUT2D eigenvalue weighted by Crippen LogP contribution is 2.24. The lowest BCUT2D eigenvalue weighted by Crippen LogP contribution is -2.30. The van der Waals surface area contributed by atoms with E-state index in [-0.39, 0.29) is 6.61 Å². The second-order valence-corrected chi connectivity index (χ2v) is 11.9. The monoisotopic (exact) mass is 553 g/mol. The van der Waals surface area contributed by atoms with Gasteiger partial charge in [0.25, 0.3) is 0 Å². The zero-order valence-electron chi connectivity index (χ0n) is 25.3. The smallest absolute Gasteiger partial charge is 0.110 e. The van der Waals surface area contributed by atoms with E-state index in [0.29, 0.717) is 0 Å².